The van der Waals surface area contributed by atoms with E-state index in [2.05, 4.69) is 10.2 Å². The van der Waals surface area contributed by atoms with Crippen molar-refractivity contribution < 1.29 is 0 Å². The Morgan fingerprint density at radius 2 is 1.82 bits per heavy atom. The molecule has 0 atom stereocenters. The Morgan fingerprint density at radius 3 is 2.35 bits per heavy atom. The van der Waals surface area contributed by atoms with E-state index in [0.717, 1.165) is 16.0 Å². The van der Waals surface area contributed by atoms with Gasteiger partial charge in [-0.2, -0.15) is 5.10 Å². The van der Waals surface area contributed by atoms with Crippen LogP contribution in [0.1, 0.15) is 13.8 Å². The minimum Gasteiger partial charge on any atom is -0.274 e. The van der Waals surface area contributed by atoms with Crippen molar-refractivity contribution in [1.82, 2.24) is 10.2 Å². The van der Waals surface area contributed by atoms with Gasteiger partial charge in [-0.15, -0.1) is 0 Å². The van der Waals surface area contributed by atoms with E-state index >= 15 is 0 Å². The number of H-pyrrole nitrogens is 1. The van der Waals surface area contributed by atoms with Gasteiger partial charge in [-0.05, 0) is 29.6 Å². The molecule has 90 valence electrons. The minimum absolute atomic E-state index is 0.204. The van der Waals surface area contributed by atoms with Crippen LogP contribution in [0.15, 0.2) is 46.2 Å². The molecule has 0 aliphatic carbocycles. The first-order valence-electron chi connectivity index (χ1n) is 5.31. The van der Waals surface area contributed by atoms with Crippen molar-refractivity contribution in [2.75, 3.05) is 0 Å². The van der Waals surface area contributed by atoms with Crippen LogP contribution in [0.2, 0.25) is 0 Å². The highest BCUT2D eigenvalue weighted by Crippen LogP contribution is 2.19. The zero-order chi connectivity index (χ0) is 12.7. The Kier molecular flexibility index (Phi) is 5.45. The first-order chi connectivity index (χ1) is 8.29. The largest absolute Gasteiger partial charge is 0.274 e. The number of benzene rings is 1. The molecule has 4 nitrogen and oxygen atoms in total. The average molecular weight is 249 g/mol. The molecular weight excluding hydrogens is 234 g/mol. The van der Waals surface area contributed by atoms with Gasteiger partial charge in [0.15, 0.2) is 0 Å². The summed E-state index contributed by atoms with van der Waals surface area (Å²) in [6.45, 7) is 4.00. The summed E-state index contributed by atoms with van der Waals surface area (Å²) in [5.74, 6) is 0. The van der Waals surface area contributed by atoms with E-state index in [9.17, 15) is 4.79 Å². The van der Waals surface area contributed by atoms with E-state index in [-0.39, 0.29) is 5.56 Å². The maximum atomic E-state index is 11.0. The van der Waals surface area contributed by atoms with Crippen LogP contribution in [-0.2, 0) is 0 Å². The molecule has 1 aromatic heterocycles. The van der Waals surface area contributed by atoms with Crippen LogP contribution in [-0.4, -0.2) is 10.2 Å². The van der Waals surface area contributed by atoms with Gasteiger partial charge in [-0.1, -0.05) is 26.0 Å². The van der Waals surface area contributed by atoms with Crippen LogP contribution in [0.3, 0.4) is 0 Å². The summed E-state index contributed by atoms with van der Waals surface area (Å²) in [4.78, 5) is 12.0. The third-order valence-electron chi connectivity index (χ3n) is 1.99. The smallest absolute Gasteiger partial charge is 0.264 e. The fraction of sp³-hybridized carbons (Fsp3) is 0.167. The highest BCUT2D eigenvalue weighted by atomic mass is 32.2. The Bertz CT molecular complexity index is 508. The number of rotatable bonds is 2. The minimum atomic E-state index is -0.204. The van der Waals surface area contributed by atoms with E-state index in [4.69, 9.17) is 5.14 Å². The number of hydrogen-bond acceptors (Lipinski definition) is 4. The number of nitrogens with two attached hydrogens (primary N) is 1. The molecule has 0 radical (unpaired) electrons. The van der Waals surface area contributed by atoms with E-state index in [1.807, 2.05) is 38.1 Å². The predicted molar refractivity (Wildman–Crippen MR) is 71.7 cm³/mol. The summed E-state index contributed by atoms with van der Waals surface area (Å²) >= 11 is 1.19. The molecule has 1 aromatic carbocycles. The molecule has 0 amide bonds. The van der Waals surface area contributed by atoms with Crippen LogP contribution in [0.25, 0.3) is 11.1 Å². The van der Waals surface area contributed by atoms with Crippen molar-refractivity contribution >= 4 is 11.9 Å². The molecule has 1 heterocycles. The maximum absolute atomic E-state index is 11.0. The standard InChI is InChI=1S/C10H9N3OS.C2H6/c11-15-9-3-1-7(2-4-9)8-5-10(14)13-12-6-8;1-2/h1-6H,11H2,(H,13,14);1-2H3. The second-order valence-corrected chi connectivity index (χ2v) is 3.68. The number of hydrogen-bond donors (Lipinski definition) is 2. The zero-order valence-corrected chi connectivity index (χ0v) is 10.6. The second-order valence-electron chi connectivity index (χ2n) is 2.98. The molecule has 0 unspecified atom stereocenters. The lowest BCUT2D eigenvalue weighted by atomic mass is 10.1. The first kappa shape index (κ1) is 13.5. The van der Waals surface area contributed by atoms with Crippen molar-refractivity contribution in [3.05, 3.63) is 46.9 Å². The molecule has 2 rings (SSSR count). The van der Waals surface area contributed by atoms with Crippen LogP contribution < -0.4 is 10.7 Å². The lowest BCUT2D eigenvalue weighted by Gasteiger charge is -2.00. The van der Waals surface area contributed by atoms with Crippen LogP contribution in [0.5, 0.6) is 0 Å². The lowest BCUT2D eigenvalue weighted by Crippen LogP contribution is -2.05. The molecule has 2 aromatic rings. The van der Waals surface area contributed by atoms with Crippen molar-refractivity contribution in [2.24, 2.45) is 5.14 Å². The Morgan fingerprint density at radius 1 is 1.18 bits per heavy atom. The fourth-order valence-corrected chi connectivity index (χ4v) is 1.55. The Labute approximate surface area is 104 Å². The summed E-state index contributed by atoms with van der Waals surface area (Å²) in [7, 11) is 0. The van der Waals surface area contributed by atoms with Crippen molar-refractivity contribution in [3.63, 3.8) is 0 Å². The SMILES string of the molecule is CC.NSc1ccc(-c2cn[nH]c(=O)c2)cc1. The van der Waals surface area contributed by atoms with E-state index in [1.165, 1.54) is 18.0 Å². The molecule has 0 aliphatic heterocycles. The quantitative estimate of drug-likeness (QED) is 0.802. The van der Waals surface area contributed by atoms with Gasteiger partial charge in [-0.3, -0.25) is 9.93 Å². The normalized spacial score (nSPS) is 9.35. The third kappa shape index (κ3) is 3.72. The molecular formula is C12H15N3OS. The molecule has 0 spiro atoms. The average Bonchev–Trinajstić information content (AvgIpc) is 2.41. The van der Waals surface area contributed by atoms with Crippen molar-refractivity contribution in [3.8, 4) is 11.1 Å². The highest BCUT2D eigenvalue weighted by Gasteiger charge is 1.98. The Hall–Kier alpha value is -1.59. The first-order valence-corrected chi connectivity index (χ1v) is 6.19. The van der Waals surface area contributed by atoms with Gasteiger partial charge >= 0.3 is 0 Å². The van der Waals surface area contributed by atoms with Gasteiger partial charge in [0, 0.05) is 16.5 Å². The van der Waals surface area contributed by atoms with Crippen LogP contribution in [0.4, 0.5) is 0 Å². The van der Waals surface area contributed by atoms with Gasteiger partial charge in [0.25, 0.3) is 5.56 Å². The van der Waals surface area contributed by atoms with Gasteiger partial charge in [-0.25, -0.2) is 5.10 Å². The molecule has 0 saturated carbocycles. The van der Waals surface area contributed by atoms with E-state index < -0.39 is 0 Å². The monoisotopic (exact) mass is 249 g/mol. The third-order valence-corrected chi connectivity index (χ3v) is 2.53. The summed E-state index contributed by atoms with van der Waals surface area (Å²) in [6.07, 6.45) is 1.62. The van der Waals surface area contributed by atoms with E-state index in [1.54, 1.807) is 6.20 Å². The number of nitrogens with zero attached hydrogens (tertiary/aromatic N) is 1. The van der Waals surface area contributed by atoms with E-state index in [0.29, 0.717) is 0 Å². The second kappa shape index (κ2) is 6.88. The van der Waals surface area contributed by atoms with Gasteiger partial charge in [0.2, 0.25) is 0 Å². The number of aromatic nitrogens is 2. The van der Waals surface area contributed by atoms with Gasteiger partial charge < -0.3 is 0 Å². The number of aromatic amines is 1. The predicted octanol–water partition coefficient (Wildman–Crippen LogP) is 2.43. The zero-order valence-electron chi connectivity index (χ0n) is 9.81. The summed E-state index contributed by atoms with van der Waals surface area (Å²) in [6, 6.07) is 9.14. The highest BCUT2D eigenvalue weighted by molar-refractivity contribution is 7.97. The Balaban J connectivity index is 0.000000686. The summed E-state index contributed by atoms with van der Waals surface area (Å²) in [5, 5.41) is 11.5. The van der Waals surface area contributed by atoms with Gasteiger partial charge in [0.1, 0.15) is 0 Å². The molecule has 0 bridgehead atoms. The molecule has 0 fully saturated rings. The summed E-state index contributed by atoms with van der Waals surface area (Å²) < 4.78 is 0. The summed E-state index contributed by atoms with van der Waals surface area (Å²) in [5.41, 5.74) is 1.54. The molecule has 17 heavy (non-hydrogen) atoms. The van der Waals surface area contributed by atoms with Crippen molar-refractivity contribution in [2.45, 2.75) is 18.7 Å². The van der Waals surface area contributed by atoms with Crippen LogP contribution >= 0.6 is 11.9 Å². The van der Waals surface area contributed by atoms with Crippen molar-refractivity contribution in [1.29, 1.82) is 0 Å². The topological polar surface area (TPSA) is 71.8 Å². The molecule has 3 N–H and O–H groups in total. The van der Waals surface area contributed by atoms with Crippen LogP contribution in [0, 0.1) is 0 Å². The number of nitrogens with one attached hydrogen (secondary N) is 1. The molecule has 5 heteroatoms. The maximum Gasteiger partial charge on any atom is 0.264 e. The fourth-order valence-electron chi connectivity index (χ4n) is 1.26. The molecule has 0 saturated heterocycles. The van der Waals surface area contributed by atoms with Gasteiger partial charge in [0.05, 0.1) is 6.20 Å². The molecule has 0 aliphatic rings. The lowest BCUT2D eigenvalue weighted by molar-refractivity contribution is 0.991.